The predicted octanol–water partition coefficient (Wildman–Crippen LogP) is 2.40. The molecule has 9 nitrogen and oxygen atoms in total. The van der Waals surface area contributed by atoms with Gasteiger partial charge in [-0.3, -0.25) is 14.4 Å². The van der Waals surface area contributed by atoms with Gasteiger partial charge in [-0.25, -0.2) is 12.8 Å². The summed E-state index contributed by atoms with van der Waals surface area (Å²) in [5.41, 5.74) is 4.21. The van der Waals surface area contributed by atoms with Crippen LogP contribution in [0, 0.1) is 5.82 Å². The first-order chi connectivity index (χ1) is 17.3. The van der Waals surface area contributed by atoms with Crippen molar-refractivity contribution >= 4 is 50.9 Å². The van der Waals surface area contributed by atoms with Gasteiger partial charge in [0.25, 0.3) is 5.91 Å². The number of sulfonamides is 1. The third-order valence-corrected chi connectivity index (χ3v) is 9.12. The Morgan fingerprint density at radius 1 is 1.14 bits per heavy atom. The molecule has 3 amide bonds. The Bertz CT molecular complexity index is 1370. The molecule has 2 saturated heterocycles. The highest BCUT2D eigenvalue weighted by Crippen LogP contribution is 2.40. The molecule has 2 atom stereocenters. The first kappa shape index (κ1) is 27.3. The minimum absolute atomic E-state index is 0.0284. The lowest BCUT2D eigenvalue weighted by molar-refractivity contribution is -0.186. The van der Waals surface area contributed by atoms with E-state index in [1.807, 2.05) is 0 Å². The molecule has 2 aromatic carbocycles. The lowest BCUT2D eigenvalue weighted by atomic mass is 9.90. The molecular weight excluding hydrogens is 546 g/mol. The fourth-order valence-corrected chi connectivity index (χ4v) is 7.08. The van der Waals surface area contributed by atoms with Crippen LogP contribution < -0.4 is 5.73 Å². The van der Waals surface area contributed by atoms with Crippen molar-refractivity contribution in [2.45, 2.75) is 49.3 Å². The monoisotopic (exact) mass is 570 g/mol. The molecule has 2 heterocycles. The molecule has 0 saturated carbocycles. The number of nitrogens with zero attached hydrogens (tertiary/aromatic N) is 3. The number of amides is 3. The van der Waals surface area contributed by atoms with Gasteiger partial charge in [-0.15, -0.1) is 0 Å². The van der Waals surface area contributed by atoms with Crippen LogP contribution in [0.5, 0.6) is 0 Å². The molecule has 0 aromatic heterocycles. The Hall–Kier alpha value is -2.73. The summed E-state index contributed by atoms with van der Waals surface area (Å²) in [6.07, 6.45) is -0.373. The van der Waals surface area contributed by atoms with Crippen molar-refractivity contribution in [3.8, 4) is 0 Å². The summed E-state index contributed by atoms with van der Waals surface area (Å²) < 4.78 is 43.2. The molecule has 13 heteroatoms. The zero-order valence-corrected chi connectivity index (χ0v) is 22.4. The first-order valence-electron chi connectivity index (χ1n) is 11.5. The predicted molar refractivity (Wildman–Crippen MR) is 134 cm³/mol. The second kappa shape index (κ2) is 9.86. The minimum atomic E-state index is -4.76. The summed E-state index contributed by atoms with van der Waals surface area (Å²) in [6.45, 7) is 2.44. The number of hydrogen-bond donors (Lipinski definition) is 1. The zero-order valence-electron chi connectivity index (χ0n) is 20.0. The topological polar surface area (TPSA) is 121 Å². The van der Waals surface area contributed by atoms with E-state index in [0.717, 1.165) is 21.3 Å². The van der Waals surface area contributed by atoms with Gasteiger partial charge in [0, 0.05) is 35.5 Å². The molecule has 2 unspecified atom stereocenters. The molecule has 2 N–H and O–H groups in total. The summed E-state index contributed by atoms with van der Waals surface area (Å²) in [5.74, 6) is -3.33. The average Bonchev–Trinajstić information content (AvgIpc) is 2.83. The summed E-state index contributed by atoms with van der Waals surface area (Å²) in [6, 6.07) is 7.86. The van der Waals surface area contributed by atoms with Crippen LogP contribution in [0.3, 0.4) is 0 Å². The number of hydrogen-bond acceptors (Lipinski definition) is 5. The van der Waals surface area contributed by atoms with Gasteiger partial charge in [0.05, 0.1) is 6.54 Å². The maximum atomic E-state index is 14.8. The number of piperazine rings is 1. The fraction of sp³-hybridized carbons (Fsp3) is 0.375. The van der Waals surface area contributed by atoms with Crippen molar-refractivity contribution in [2.24, 2.45) is 5.73 Å². The van der Waals surface area contributed by atoms with Crippen LogP contribution in [0.25, 0.3) is 0 Å². The summed E-state index contributed by atoms with van der Waals surface area (Å²) >= 11 is 11.9. The summed E-state index contributed by atoms with van der Waals surface area (Å²) in [7, 11) is -4.76. The van der Waals surface area contributed by atoms with Crippen LogP contribution in [0.4, 0.5) is 4.39 Å². The van der Waals surface area contributed by atoms with Gasteiger partial charge in [0.1, 0.15) is 16.8 Å². The van der Waals surface area contributed by atoms with Crippen molar-refractivity contribution in [1.82, 2.24) is 14.1 Å². The molecule has 37 heavy (non-hydrogen) atoms. The van der Waals surface area contributed by atoms with Crippen LogP contribution in [0.1, 0.15) is 25.8 Å². The molecule has 0 radical (unpaired) electrons. The quantitative estimate of drug-likeness (QED) is 0.571. The maximum Gasteiger partial charge on any atom is 0.261 e. The zero-order chi connectivity index (χ0) is 27.3. The van der Waals surface area contributed by atoms with E-state index in [4.69, 9.17) is 28.9 Å². The molecule has 0 aliphatic carbocycles. The summed E-state index contributed by atoms with van der Waals surface area (Å²) in [4.78, 5) is 41.8. The molecule has 198 valence electrons. The highest BCUT2D eigenvalue weighted by atomic mass is 35.5. The molecule has 0 spiro atoms. The first-order valence-corrected chi connectivity index (χ1v) is 13.6. The van der Waals surface area contributed by atoms with Gasteiger partial charge in [0.2, 0.25) is 27.5 Å². The Kier molecular flexibility index (Phi) is 7.28. The van der Waals surface area contributed by atoms with Crippen molar-refractivity contribution in [3.63, 3.8) is 0 Å². The molecule has 2 aliphatic rings. The van der Waals surface area contributed by atoms with E-state index in [9.17, 15) is 27.2 Å². The molecule has 4 rings (SSSR count). The number of primary amides is 1. The second-order valence-electron chi connectivity index (χ2n) is 9.25. The van der Waals surface area contributed by atoms with Crippen LogP contribution in [0.15, 0.2) is 47.4 Å². The van der Waals surface area contributed by atoms with Crippen LogP contribution in [-0.2, 0) is 30.8 Å². The van der Waals surface area contributed by atoms with E-state index >= 15 is 0 Å². The largest absolute Gasteiger partial charge is 0.366 e. The van der Waals surface area contributed by atoms with Crippen molar-refractivity contribution in [2.75, 3.05) is 13.1 Å². The molecule has 2 fully saturated rings. The van der Waals surface area contributed by atoms with E-state index in [0.29, 0.717) is 10.6 Å². The lowest BCUT2D eigenvalue weighted by Gasteiger charge is -2.58. The van der Waals surface area contributed by atoms with E-state index in [1.54, 1.807) is 38.1 Å². The standard InChI is InChI=1S/C24H25Cl2FN4O5S/c1-14(2)29-13-24(23(28)34)30(37(35,36)20-12-17(26)7-8-18(20)27)10-9-21(32)31(24)19(22(29)33)11-15-3-5-16(25)6-4-15/h3-8,12,14,19H,9-11,13H2,1-2H3,(H2,28,34). The van der Waals surface area contributed by atoms with E-state index in [-0.39, 0.29) is 17.9 Å². The van der Waals surface area contributed by atoms with Gasteiger partial charge < -0.3 is 15.5 Å². The Morgan fingerprint density at radius 2 is 1.76 bits per heavy atom. The van der Waals surface area contributed by atoms with Gasteiger partial charge in [-0.05, 0) is 49.7 Å². The molecule has 2 aliphatic heterocycles. The lowest BCUT2D eigenvalue weighted by Crippen LogP contribution is -2.83. The molecule has 2 aromatic rings. The summed E-state index contributed by atoms with van der Waals surface area (Å²) in [5, 5.41) is 0.421. The van der Waals surface area contributed by atoms with Crippen LogP contribution >= 0.6 is 23.2 Å². The second-order valence-corrected chi connectivity index (χ2v) is 12.0. The number of carbonyl (C=O) groups is 3. The van der Waals surface area contributed by atoms with E-state index < -0.39 is 69.3 Å². The highest BCUT2D eigenvalue weighted by Gasteiger charge is 2.64. The molecular formula is C24H25Cl2FN4O5S. The van der Waals surface area contributed by atoms with E-state index in [1.165, 1.54) is 11.0 Å². The van der Waals surface area contributed by atoms with Gasteiger partial charge in [-0.1, -0.05) is 35.3 Å². The number of nitrogens with two attached hydrogens (primary N) is 1. The molecule has 0 bridgehead atoms. The highest BCUT2D eigenvalue weighted by molar-refractivity contribution is 7.89. The SMILES string of the molecule is CC(C)N1CC2(C(N)=O)N(C(=O)CCN2S(=O)(=O)c2cc(Cl)ccc2F)C(Cc2ccc(Cl)cc2)C1=O. The number of benzene rings is 2. The van der Waals surface area contributed by atoms with Crippen molar-refractivity contribution in [3.05, 3.63) is 63.9 Å². The van der Waals surface area contributed by atoms with Gasteiger partial charge >= 0.3 is 0 Å². The number of halogens is 3. The Morgan fingerprint density at radius 3 is 2.35 bits per heavy atom. The number of rotatable bonds is 6. The average molecular weight is 571 g/mol. The fourth-order valence-electron chi connectivity index (χ4n) is 4.92. The Labute approximate surface area is 223 Å². The smallest absolute Gasteiger partial charge is 0.261 e. The van der Waals surface area contributed by atoms with E-state index in [2.05, 4.69) is 0 Å². The number of carbonyl (C=O) groups excluding carboxylic acids is 3. The third-order valence-electron chi connectivity index (χ3n) is 6.70. The Balaban J connectivity index is 1.93. The minimum Gasteiger partial charge on any atom is -0.366 e. The van der Waals surface area contributed by atoms with Gasteiger partial charge in [-0.2, -0.15) is 4.31 Å². The maximum absolute atomic E-state index is 14.8. The van der Waals surface area contributed by atoms with Crippen LogP contribution in [0.2, 0.25) is 10.0 Å². The third kappa shape index (κ3) is 4.58. The number of fused-ring (bicyclic) bond motifs is 1. The van der Waals surface area contributed by atoms with Crippen LogP contribution in [-0.4, -0.2) is 71.1 Å². The normalized spacial score (nSPS) is 22.9. The van der Waals surface area contributed by atoms with Gasteiger partial charge in [0.15, 0.2) is 0 Å². The van der Waals surface area contributed by atoms with Crippen molar-refractivity contribution < 1.29 is 27.2 Å². The van der Waals surface area contributed by atoms with Crippen molar-refractivity contribution in [1.29, 1.82) is 0 Å².